The van der Waals surface area contributed by atoms with Crippen LogP contribution in [0.2, 0.25) is 0 Å². The number of hydrogen-bond donors (Lipinski definition) is 1. The summed E-state index contributed by atoms with van der Waals surface area (Å²) in [6.45, 7) is 0. The molecule has 5 rings (SSSR count). The monoisotopic (exact) mass is 270 g/mol. The lowest BCUT2D eigenvalue weighted by Gasteiger charge is -2.56. The fraction of sp³-hybridized carbons (Fsp3) is 0.611. The Balaban J connectivity index is 1.54. The van der Waals surface area contributed by atoms with Crippen LogP contribution >= 0.6 is 0 Å². The van der Waals surface area contributed by atoms with Gasteiger partial charge in [0.05, 0.1) is 0 Å². The molecule has 2 nitrogen and oxygen atoms in total. The Labute approximate surface area is 120 Å². The highest BCUT2D eigenvalue weighted by Gasteiger charge is 2.53. The molecule has 1 aromatic rings. The van der Waals surface area contributed by atoms with Gasteiger partial charge >= 0.3 is 0 Å². The number of ketones is 1. The number of Topliss-reactive ketones (excluding diaryl/α,β-unsaturated/α-hetero) is 1. The highest BCUT2D eigenvalue weighted by atomic mass is 16.3. The lowest BCUT2D eigenvalue weighted by molar-refractivity contribution is -0.143. The van der Waals surface area contributed by atoms with E-state index in [1.807, 2.05) is 12.1 Å². The zero-order valence-corrected chi connectivity index (χ0v) is 11.8. The summed E-state index contributed by atoms with van der Waals surface area (Å²) in [7, 11) is 0. The molecule has 0 unspecified atom stereocenters. The second-order valence-electron chi connectivity index (χ2n) is 7.46. The van der Waals surface area contributed by atoms with Gasteiger partial charge in [0, 0.05) is 11.8 Å². The summed E-state index contributed by atoms with van der Waals surface area (Å²) in [5, 5.41) is 9.34. The molecule has 0 aromatic heterocycles. The smallest absolute Gasteiger partial charge is 0.143 e. The lowest BCUT2D eigenvalue weighted by Crippen LogP contribution is -2.50. The third-order valence-electron chi connectivity index (χ3n) is 5.93. The molecular formula is C18H22O2. The average Bonchev–Trinajstić information content (AvgIpc) is 2.40. The van der Waals surface area contributed by atoms with Gasteiger partial charge in [-0.25, -0.2) is 0 Å². The molecule has 0 atom stereocenters. The minimum atomic E-state index is 0.00658. The first-order valence-corrected chi connectivity index (χ1v) is 7.94. The van der Waals surface area contributed by atoms with Crippen LogP contribution in [0.4, 0.5) is 0 Å². The van der Waals surface area contributed by atoms with Gasteiger partial charge in [-0.2, -0.15) is 0 Å². The Kier molecular flexibility index (Phi) is 2.70. The molecule has 0 amide bonds. The van der Waals surface area contributed by atoms with E-state index in [0.29, 0.717) is 12.2 Å². The van der Waals surface area contributed by atoms with Crippen molar-refractivity contribution in [3.63, 3.8) is 0 Å². The summed E-state index contributed by atoms with van der Waals surface area (Å²) in [5.74, 6) is 3.21. The molecule has 0 heterocycles. The molecular weight excluding hydrogens is 248 g/mol. The van der Waals surface area contributed by atoms with Crippen LogP contribution in [0.15, 0.2) is 24.3 Å². The van der Waals surface area contributed by atoms with Crippen LogP contribution in [-0.2, 0) is 11.2 Å². The van der Waals surface area contributed by atoms with Crippen LogP contribution < -0.4 is 0 Å². The van der Waals surface area contributed by atoms with Gasteiger partial charge in [0.15, 0.2) is 0 Å². The van der Waals surface area contributed by atoms with Gasteiger partial charge in [0.1, 0.15) is 11.5 Å². The molecule has 0 saturated heterocycles. The van der Waals surface area contributed by atoms with Crippen LogP contribution in [0.1, 0.15) is 44.1 Å². The van der Waals surface area contributed by atoms with Gasteiger partial charge in [0.25, 0.3) is 0 Å². The topological polar surface area (TPSA) is 37.3 Å². The van der Waals surface area contributed by atoms with E-state index in [1.165, 1.54) is 19.3 Å². The molecule has 4 saturated carbocycles. The first kappa shape index (κ1) is 12.4. The first-order valence-electron chi connectivity index (χ1n) is 7.94. The van der Waals surface area contributed by atoms with Gasteiger partial charge in [-0.05, 0) is 74.0 Å². The number of aromatic hydroxyl groups is 1. The third kappa shape index (κ3) is 1.97. The summed E-state index contributed by atoms with van der Waals surface area (Å²) in [5.41, 5.74) is 1.05. The van der Waals surface area contributed by atoms with Crippen molar-refractivity contribution in [1.82, 2.24) is 0 Å². The quantitative estimate of drug-likeness (QED) is 0.909. The van der Waals surface area contributed by atoms with Gasteiger partial charge in [-0.15, -0.1) is 0 Å². The number of phenolic OH excluding ortho intramolecular Hbond substituents is 1. The Morgan fingerprint density at radius 1 is 1.00 bits per heavy atom. The minimum absolute atomic E-state index is 0.00658. The van der Waals surface area contributed by atoms with Crippen molar-refractivity contribution < 1.29 is 9.90 Å². The Morgan fingerprint density at radius 2 is 1.50 bits per heavy atom. The summed E-state index contributed by atoms with van der Waals surface area (Å²) in [6.07, 6.45) is 8.14. The number of rotatable bonds is 3. The molecule has 4 bridgehead atoms. The Morgan fingerprint density at radius 3 is 2.00 bits per heavy atom. The van der Waals surface area contributed by atoms with E-state index in [9.17, 15) is 9.90 Å². The molecule has 2 heteroatoms. The molecule has 0 spiro atoms. The lowest BCUT2D eigenvalue weighted by atomic mass is 9.48. The second kappa shape index (κ2) is 4.34. The maximum Gasteiger partial charge on any atom is 0.143 e. The van der Waals surface area contributed by atoms with Crippen molar-refractivity contribution in [3.05, 3.63) is 29.8 Å². The normalized spacial score (nSPS) is 38.1. The van der Waals surface area contributed by atoms with E-state index in [0.717, 1.165) is 42.6 Å². The predicted molar refractivity (Wildman–Crippen MR) is 77.4 cm³/mol. The molecule has 4 aliphatic rings. The molecule has 4 aliphatic carbocycles. The van der Waals surface area contributed by atoms with E-state index in [2.05, 4.69) is 0 Å². The van der Waals surface area contributed by atoms with E-state index < -0.39 is 0 Å². The fourth-order valence-electron chi connectivity index (χ4n) is 5.44. The van der Waals surface area contributed by atoms with E-state index in [1.54, 1.807) is 12.1 Å². The maximum absolute atomic E-state index is 12.9. The zero-order chi connectivity index (χ0) is 13.7. The second-order valence-corrected chi connectivity index (χ2v) is 7.46. The molecule has 0 radical (unpaired) electrons. The highest BCUT2D eigenvalue weighted by molar-refractivity contribution is 5.87. The SMILES string of the molecule is O=C(Cc1ccc(O)cc1)C12CC3CC(CC(C3)C1)C2. The average molecular weight is 270 g/mol. The Bertz CT molecular complexity index is 494. The van der Waals surface area contributed by atoms with Crippen LogP contribution in [0.3, 0.4) is 0 Å². The molecule has 1 aromatic carbocycles. The van der Waals surface area contributed by atoms with E-state index in [4.69, 9.17) is 0 Å². The largest absolute Gasteiger partial charge is 0.508 e. The molecule has 4 fully saturated rings. The van der Waals surface area contributed by atoms with E-state index >= 15 is 0 Å². The first-order chi connectivity index (χ1) is 9.63. The minimum Gasteiger partial charge on any atom is -0.508 e. The summed E-state index contributed by atoms with van der Waals surface area (Å²) >= 11 is 0. The molecule has 0 aliphatic heterocycles. The van der Waals surface area contributed by atoms with Gasteiger partial charge in [-0.1, -0.05) is 12.1 Å². The van der Waals surface area contributed by atoms with Crippen LogP contribution in [-0.4, -0.2) is 10.9 Å². The standard InChI is InChI=1S/C18H22O2/c19-16-3-1-12(2-4-16)8-17(20)18-9-13-5-14(10-18)7-15(6-13)11-18/h1-4,13-15,19H,5-11H2. The number of hydrogen-bond acceptors (Lipinski definition) is 2. The molecule has 1 N–H and O–H groups in total. The number of benzene rings is 1. The van der Waals surface area contributed by atoms with Gasteiger partial charge < -0.3 is 5.11 Å². The van der Waals surface area contributed by atoms with Crippen molar-refractivity contribution in [3.8, 4) is 5.75 Å². The van der Waals surface area contributed by atoms with Crippen molar-refractivity contribution in [1.29, 1.82) is 0 Å². The predicted octanol–water partition coefficient (Wildman–Crippen LogP) is 3.72. The van der Waals surface area contributed by atoms with Crippen LogP contribution in [0.25, 0.3) is 0 Å². The number of phenols is 1. The third-order valence-corrected chi connectivity index (χ3v) is 5.93. The summed E-state index contributed by atoms with van der Waals surface area (Å²) < 4.78 is 0. The summed E-state index contributed by atoms with van der Waals surface area (Å²) in [6, 6.07) is 7.13. The van der Waals surface area contributed by atoms with Crippen molar-refractivity contribution >= 4 is 5.78 Å². The van der Waals surface area contributed by atoms with E-state index in [-0.39, 0.29) is 11.2 Å². The zero-order valence-electron chi connectivity index (χ0n) is 11.8. The van der Waals surface area contributed by atoms with Crippen molar-refractivity contribution in [2.45, 2.75) is 44.9 Å². The number of carbonyl (C=O) groups excluding carboxylic acids is 1. The van der Waals surface area contributed by atoms with Crippen LogP contribution in [0, 0.1) is 23.2 Å². The highest BCUT2D eigenvalue weighted by Crippen LogP contribution is 2.60. The van der Waals surface area contributed by atoms with Crippen molar-refractivity contribution in [2.75, 3.05) is 0 Å². The van der Waals surface area contributed by atoms with Crippen molar-refractivity contribution in [2.24, 2.45) is 23.2 Å². The van der Waals surface area contributed by atoms with Gasteiger partial charge in [-0.3, -0.25) is 4.79 Å². The molecule has 106 valence electrons. The fourth-order valence-corrected chi connectivity index (χ4v) is 5.44. The Hall–Kier alpha value is -1.31. The molecule has 20 heavy (non-hydrogen) atoms. The summed E-state index contributed by atoms with van der Waals surface area (Å²) in [4.78, 5) is 12.9. The number of carbonyl (C=O) groups is 1. The van der Waals surface area contributed by atoms with Crippen LogP contribution in [0.5, 0.6) is 5.75 Å². The maximum atomic E-state index is 12.9. The van der Waals surface area contributed by atoms with Gasteiger partial charge in [0.2, 0.25) is 0 Å².